The van der Waals surface area contributed by atoms with Gasteiger partial charge < -0.3 is 24.5 Å². The minimum absolute atomic E-state index is 0. The van der Waals surface area contributed by atoms with Crippen molar-refractivity contribution in [1.29, 1.82) is 0 Å². The summed E-state index contributed by atoms with van der Waals surface area (Å²) in [6.07, 6.45) is 7.61. The van der Waals surface area contributed by atoms with Crippen LogP contribution in [-0.2, 0) is 29.2 Å². The molecule has 1 atom stereocenters. The van der Waals surface area contributed by atoms with Gasteiger partial charge in [0.25, 0.3) is 0 Å². The summed E-state index contributed by atoms with van der Waals surface area (Å²) in [7, 11) is -5.22. The molecule has 0 aromatic carbocycles. The number of esters is 1. The quantitative estimate of drug-likeness (QED) is 0.114. The number of rotatable bonds is 15. The van der Waals surface area contributed by atoms with Gasteiger partial charge in [-0.25, -0.2) is 8.42 Å². The van der Waals surface area contributed by atoms with Gasteiger partial charge in [0.1, 0.15) is 16.7 Å². The predicted molar refractivity (Wildman–Crippen MR) is 89.7 cm³/mol. The maximum Gasteiger partial charge on any atom is 1.00 e. The Morgan fingerprint density at radius 3 is 1.93 bits per heavy atom. The van der Waals surface area contributed by atoms with Gasteiger partial charge in [0, 0.05) is 6.42 Å². The molecule has 9 nitrogen and oxygen atoms in total. The van der Waals surface area contributed by atoms with Crippen molar-refractivity contribution in [3.8, 4) is 0 Å². The molecule has 0 bridgehead atoms. The van der Waals surface area contributed by atoms with E-state index in [4.69, 9.17) is 4.74 Å². The first-order valence-electron chi connectivity index (χ1n) is 8.76. The van der Waals surface area contributed by atoms with Crippen LogP contribution in [0.1, 0.15) is 64.7 Å². The molecule has 0 aromatic heterocycles. The summed E-state index contributed by atoms with van der Waals surface area (Å²) in [5.74, 6) is -3.95. The Kier molecular flexibility index (Phi) is 22.7. The second-order valence-corrected chi connectivity index (χ2v) is 7.53. The average Bonchev–Trinajstić information content (AvgIpc) is 2.55. The van der Waals surface area contributed by atoms with Gasteiger partial charge in [-0.2, -0.15) is 0 Å². The molecule has 0 aromatic rings. The average molecular weight is 439 g/mol. The third-order valence-corrected chi connectivity index (χ3v) is 4.73. The van der Waals surface area contributed by atoms with Gasteiger partial charge in [0.05, 0.1) is 17.8 Å². The Morgan fingerprint density at radius 1 is 0.964 bits per heavy atom. The smallest absolute Gasteiger partial charge is 0.747 e. The number of ether oxygens (including phenoxy) is 1. The minimum Gasteiger partial charge on any atom is -0.747 e. The molecular formula is C16H27NNa2O8S. The number of carboxylic acids is 1. The molecule has 0 spiro atoms. The topological polar surface area (TPSA) is 153 Å². The molecule has 0 saturated heterocycles. The number of amides is 1. The number of carboxylic acid groups (broad SMARTS) is 1. The fraction of sp³-hybridized carbons (Fsp3) is 0.812. The zero-order valence-electron chi connectivity index (χ0n) is 17.0. The van der Waals surface area contributed by atoms with Gasteiger partial charge in [0.2, 0.25) is 5.91 Å². The van der Waals surface area contributed by atoms with Crippen LogP contribution in [0, 0.1) is 0 Å². The van der Waals surface area contributed by atoms with Crippen LogP contribution in [-0.4, -0.2) is 49.2 Å². The summed E-state index contributed by atoms with van der Waals surface area (Å²) in [4.78, 5) is 33.4. The van der Waals surface area contributed by atoms with E-state index >= 15 is 0 Å². The van der Waals surface area contributed by atoms with Crippen LogP contribution >= 0.6 is 0 Å². The molecule has 0 aliphatic rings. The number of unbranched alkanes of at least 4 members (excludes halogenated alkanes) is 7. The number of hydrogen-bond acceptors (Lipinski definition) is 8. The molecule has 12 heteroatoms. The number of nitrogens with one attached hydrogen (secondary N) is 1. The molecule has 0 aliphatic carbocycles. The third-order valence-electron chi connectivity index (χ3n) is 3.67. The van der Waals surface area contributed by atoms with E-state index in [0.29, 0.717) is 6.42 Å². The number of hydrogen-bond donors (Lipinski definition) is 1. The Labute approximate surface area is 211 Å². The first-order valence-corrected chi connectivity index (χ1v) is 10.2. The zero-order valence-corrected chi connectivity index (χ0v) is 21.8. The standard InChI is InChI=1S/C16H29NO8S.2Na/c1-2-3-4-5-6-7-8-9-10-25-15(19)12-17-14(18)11-13(16(20)21)26(22,23)24;;/h13H,2-12H2,1H3,(H,17,18)(H,20,21)(H,22,23,24);;/q;2*+1/p-2. The van der Waals surface area contributed by atoms with Crippen molar-refractivity contribution in [2.75, 3.05) is 13.2 Å². The van der Waals surface area contributed by atoms with Gasteiger partial charge in [-0.1, -0.05) is 51.9 Å². The fourth-order valence-corrected chi connectivity index (χ4v) is 2.78. The van der Waals surface area contributed by atoms with Gasteiger partial charge in [-0.15, -0.1) is 0 Å². The molecule has 0 aliphatic heterocycles. The molecular weight excluding hydrogens is 412 g/mol. The molecule has 0 heterocycles. The SMILES string of the molecule is CCCCCCCCCCOC(=O)CNC(=O)CC(C(=O)[O-])S(=O)(=O)[O-].[Na+].[Na+]. The zero-order chi connectivity index (χ0) is 20.0. The summed E-state index contributed by atoms with van der Waals surface area (Å²) in [5, 5.41) is 10.1. The number of carbonyl (C=O) groups is 3. The van der Waals surface area contributed by atoms with Crippen molar-refractivity contribution < 1.29 is 96.3 Å². The van der Waals surface area contributed by atoms with Gasteiger partial charge >= 0.3 is 65.1 Å². The van der Waals surface area contributed by atoms with Gasteiger partial charge in [-0.05, 0) is 6.42 Å². The monoisotopic (exact) mass is 439 g/mol. The molecule has 1 unspecified atom stereocenters. The molecule has 1 amide bonds. The maximum atomic E-state index is 11.4. The normalized spacial score (nSPS) is 11.5. The van der Waals surface area contributed by atoms with Crippen molar-refractivity contribution in [2.45, 2.75) is 70.0 Å². The predicted octanol–water partition coefficient (Wildman–Crippen LogP) is -6.15. The number of carbonyl (C=O) groups excluding carboxylic acids is 3. The van der Waals surface area contributed by atoms with Crippen LogP contribution in [0.3, 0.4) is 0 Å². The maximum absolute atomic E-state index is 11.4. The van der Waals surface area contributed by atoms with Crippen molar-refractivity contribution in [1.82, 2.24) is 5.32 Å². The largest absolute Gasteiger partial charge is 1.00 e. The van der Waals surface area contributed by atoms with E-state index in [-0.39, 0.29) is 65.7 Å². The molecule has 152 valence electrons. The Hall–Kier alpha value is 0.320. The van der Waals surface area contributed by atoms with E-state index in [1.54, 1.807) is 0 Å². The van der Waals surface area contributed by atoms with Crippen molar-refractivity contribution in [3.05, 3.63) is 0 Å². The van der Waals surface area contributed by atoms with Crippen LogP contribution in [0.5, 0.6) is 0 Å². The summed E-state index contributed by atoms with van der Waals surface area (Å²) >= 11 is 0. The number of aliphatic carboxylic acids is 1. The molecule has 28 heavy (non-hydrogen) atoms. The minimum atomic E-state index is -5.22. The van der Waals surface area contributed by atoms with Crippen molar-refractivity contribution in [3.63, 3.8) is 0 Å². The Morgan fingerprint density at radius 2 is 1.46 bits per heavy atom. The van der Waals surface area contributed by atoms with E-state index in [2.05, 4.69) is 6.92 Å². The first kappa shape index (κ1) is 33.0. The van der Waals surface area contributed by atoms with E-state index in [1.807, 2.05) is 5.32 Å². The van der Waals surface area contributed by atoms with Gasteiger partial charge in [0.15, 0.2) is 0 Å². The Bertz CT molecular complexity index is 557. The second-order valence-electron chi connectivity index (χ2n) is 5.98. The van der Waals surface area contributed by atoms with Crippen LogP contribution in [0.15, 0.2) is 0 Å². The second kappa shape index (κ2) is 19.3. The summed E-state index contributed by atoms with van der Waals surface area (Å²) in [6, 6.07) is 0. The van der Waals surface area contributed by atoms with Crippen molar-refractivity contribution in [2.24, 2.45) is 0 Å². The molecule has 0 saturated carbocycles. The van der Waals surface area contributed by atoms with E-state index < -0.39 is 46.2 Å². The third kappa shape index (κ3) is 18.4. The summed E-state index contributed by atoms with van der Waals surface area (Å²) in [5.41, 5.74) is 0. The van der Waals surface area contributed by atoms with Crippen LogP contribution < -0.4 is 69.5 Å². The first-order chi connectivity index (χ1) is 12.2. The molecule has 0 fully saturated rings. The van der Waals surface area contributed by atoms with Crippen LogP contribution in [0.25, 0.3) is 0 Å². The Balaban J connectivity index is -0.00000312. The van der Waals surface area contributed by atoms with Crippen LogP contribution in [0.2, 0.25) is 0 Å². The van der Waals surface area contributed by atoms with E-state index in [1.165, 1.54) is 25.7 Å². The fourth-order valence-electron chi connectivity index (χ4n) is 2.19. The van der Waals surface area contributed by atoms with Crippen molar-refractivity contribution >= 4 is 28.0 Å². The van der Waals surface area contributed by atoms with Crippen LogP contribution in [0.4, 0.5) is 0 Å². The molecule has 1 N–H and O–H groups in total. The molecule has 0 rings (SSSR count). The van der Waals surface area contributed by atoms with E-state index in [9.17, 15) is 32.5 Å². The summed E-state index contributed by atoms with van der Waals surface area (Å²) in [6.45, 7) is 1.83. The molecule has 0 radical (unpaired) electrons. The van der Waals surface area contributed by atoms with Gasteiger partial charge in [-0.3, -0.25) is 9.59 Å². The van der Waals surface area contributed by atoms with E-state index in [0.717, 1.165) is 19.3 Å². The summed E-state index contributed by atoms with van der Waals surface area (Å²) < 4.78 is 37.0.